The molecule has 0 bridgehead atoms. The highest BCUT2D eigenvalue weighted by molar-refractivity contribution is 7.89. The molecule has 230 valence electrons. The molecule has 13 heteroatoms. The van der Waals surface area contributed by atoms with Crippen LogP contribution in [0, 0.1) is 11.7 Å². The van der Waals surface area contributed by atoms with Gasteiger partial charge >= 0.3 is 0 Å². The first-order valence-corrected chi connectivity index (χ1v) is 18.3. The van der Waals surface area contributed by atoms with Gasteiger partial charge in [0.2, 0.25) is 10.0 Å². The number of rotatable bonds is 12. The lowest BCUT2D eigenvalue weighted by Crippen LogP contribution is -2.33. The number of thiophene rings is 1. The molecule has 1 aliphatic rings. The Morgan fingerprint density at radius 1 is 1.09 bits per heavy atom. The molecule has 2 aromatic heterocycles. The predicted molar refractivity (Wildman–Crippen MR) is 168 cm³/mol. The first-order chi connectivity index (χ1) is 20.4. The summed E-state index contributed by atoms with van der Waals surface area (Å²) < 4.78 is 74.4. The smallest absolute Gasteiger partial charge is 0.251 e. The lowest BCUT2D eigenvalue weighted by molar-refractivity contribution is 0.255. The van der Waals surface area contributed by atoms with Gasteiger partial charge in [0.05, 0.1) is 29.7 Å². The van der Waals surface area contributed by atoms with Crippen molar-refractivity contribution in [2.45, 2.75) is 25.8 Å². The van der Waals surface area contributed by atoms with Gasteiger partial charge in [0.15, 0.2) is 0 Å². The predicted octanol–water partition coefficient (Wildman–Crippen LogP) is 4.78. The third kappa shape index (κ3) is 7.35. The Labute approximate surface area is 256 Å². The van der Waals surface area contributed by atoms with Crippen LogP contribution in [-0.4, -0.2) is 69.7 Å². The van der Waals surface area contributed by atoms with Crippen molar-refractivity contribution in [2.75, 3.05) is 38.8 Å². The summed E-state index contributed by atoms with van der Waals surface area (Å²) in [6, 6.07) is 17.2. The summed E-state index contributed by atoms with van der Waals surface area (Å²) in [5.74, 6) is 0.296. The van der Waals surface area contributed by atoms with Gasteiger partial charge in [-0.15, -0.1) is 11.3 Å². The van der Waals surface area contributed by atoms with E-state index in [1.165, 1.54) is 23.5 Å². The normalized spacial score (nSPS) is 16.9. The van der Waals surface area contributed by atoms with Crippen LogP contribution in [0.15, 0.2) is 66.0 Å². The molecule has 3 heterocycles. The molecular formula is C30H35FN4O5S3. The van der Waals surface area contributed by atoms with E-state index in [1.807, 2.05) is 24.4 Å². The molecule has 2 aromatic carbocycles. The summed E-state index contributed by atoms with van der Waals surface area (Å²) in [4.78, 5) is 3.01. The van der Waals surface area contributed by atoms with Gasteiger partial charge in [-0.3, -0.25) is 4.90 Å². The maximum absolute atomic E-state index is 13.3. The molecule has 0 radical (unpaired) electrons. The minimum absolute atomic E-state index is 0.00857. The zero-order valence-corrected chi connectivity index (χ0v) is 26.7. The van der Waals surface area contributed by atoms with Crippen LogP contribution in [0.5, 0.6) is 5.75 Å². The van der Waals surface area contributed by atoms with Gasteiger partial charge < -0.3 is 4.74 Å². The number of methoxy groups -OCH3 is 1. The quantitative estimate of drug-likeness (QED) is 0.236. The first-order valence-electron chi connectivity index (χ1n) is 13.9. The minimum atomic E-state index is -3.78. The second-order valence-corrected chi connectivity index (χ2v) is 15.4. The van der Waals surface area contributed by atoms with E-state index < -0.39 is 20.0 Å². The summed E-state index contributed by atoms with van der Waals surface area (Å²) in [5.41, 5.74) is 3.16. The molecule has 43 heavy (non-hydrogen) atoms. The van der Waals surface area contributed by atoms with E-state index >= 15 is 0 Å². The summed E-state index contributed by atoms with van der Waals surface area (Å²) in [6.45, 7) is 3.52. The number of nitrogens with one attached hydrogen (secondary N) is 1. The lowest BCUT2D eigenvalue weighted by Gasteiger charge is -2.24. The second-order valence-electron chi connectivity index (χ2n) is 10.8. The van der Waals surface area contributed by atoms with Crippen LogP contribution in [0.2, 0.25) is 0 Å². The topological polar surface area (TPSA) is 111 Å². The van der Waals surface area contributed by atoms with Crippen LogP contribution in [0.4, 0.5) is 4.39 Å². The van der Waals surface area contributed by atoms with Gasteiger partial charge in [-0.2, -0.15) is 9.19 Å². The van der Waals surface area contributed by atoms with Gasteiger partial charge in [0.1, 0.15) is 17.3 Å². The van der Waals surface area contributed by atoms with Crippen molar-refractivity contribution >= 4 is 31.4 Å². The number of hydrogen-bond donors (Lipinski definition) is 1. The van der Waals surface area contributed by atoms with Gasteiger partial charge in [0, 0.05) is 30.3 Å². The van der Waals surface area contributed by atoms with E-state index in [-0.39, 0.29) is 36.5 Å². The van der Waals surface area contributed by atoms with Gasteiger partial charge in [0.25, 0.3) is 10.0 Å². The first kappa shape index (κ1) is 31.3. The van der Waals surface area contributed by atoms with Crippen molar-refractivity contribution in [1.82, 2.24) is 18.8 Å². The fourth-order valence-electron chi connectivity index (χ4n) is 5.55. The van der Waals surface area contributed by atoms with Crippen LogP contribution in [0.25, 0.3) is 21.8 Å². The minimum Gasteiger partial charge on any atom is -0.497 e. The van der Waals surface area contributed by atoms with Crippen LogP contribution in [-0.2, 0) is 26.5 Å². The van der Waals surface area contributed by atoms with Gasteiger partial charge in [-0.25, -0.2) is 25.9 Å². The molecular weight excluding hydrogens is 612 g/mol. The molecule has 1 aliphatic heterocycles. The van der Waals surface area contributed by atoms with Crippen molar-refractivity contribution in [2.24, 2.45) is 5.92 Å². The highest BCUT2D eigenvalue weighted by Crippen LogP contribution is 2.36. The fraction of sp³-hybridized carbons (Fsp3) is 0.367. The Bertz CT molecular complexity index is 1760. The summed E-state index contributed by atoms with van der Waals surface area (Å²) in [6.07, 6.45) is 2.08. The number of sulfonamides is 1. The molecule has 1 fully saturated rings. The Morgan fingerprint density at radius 3 is 2.44 bits per heavy atom. The standard InChI is InChI=1S/C30H35FN4O5S3/c1-21(23-6-10-25(31)11-7-23)34-17-15-22(19-34)20-43(38,39)32-16-14-27-29(28-5-4-18-41-28)33-35(42(3,36)37)30(27)24-8-12-26(40-2)13-9-24/h4-13,18,21-22,32H,14-17,19-20H2,1-3H3. The summed E-state index contributed by atoms with van der Waals surface area (Å²) in [5, 5.41) is 6.39. The number of hydrogen-bond acceptors (Lipinski definition) is 8. The zero-order chi connectivity index (χ0) is 30.8. The Balaban J connectivity index is 1.32. The number of benzene rings is 2. The molecule has 0 aliphatic carbocycles. The fourth-order valence-corrected chi connectivity index (χ4v) is 8.49. The molecule has 5 rings (SSSR count). The van der Waals surface area contributed by atoms with Crippen LogP contribution < -0.4 is 9.46 Å². The van der Waals surface area contributed by atoms with Crippen molar-refractivity contribution < 1.29 is 26.0 Å². The molecule has 2 unspecified atom stereocenters. The highest BCUT2D eigenvalue weighted by Gasteiger charge is 2.31. The number of aromatic nitrogens is 2. The molecule has 0 amide bonds. The lowest BCUT2D eigenvalue weighted by atomic mass is 10.0. The number of nitrogens with zero attached hydrogens (tertiary/aromatic N) is 3. The van der Waals surface area contributed by atoms with E-state index in [0.717, 1.165) is 33.7 Å². The average Bonchev–Trinajstić information content (AvgIpc) is 3.73. The van der Waals surface area contributed by atoms with Crippen LogP contribution in [0.3, 0.4) is 0 Å². The SMILES string of the molecule is COc1ccc(-c2c(CCNS(=O)(=O)CC3CCN(C(C)c4ccc(F)cc4)C3)c(-c3cccs3)nn2S(C)(=O)=O)cc1. The number of halogens is 1. The third-order valence-corrected chi connectivity index (χ3v) is 11.1. The van der Waals surface area contributed by atoms with E-state index in [2.05, 4.69) is 14.7 Å². The van der Waals surface area contributed by atoms with Crippen LogP contribution >= 0.6 is 11.3 Å². The molecule has 0 spiro atoms. The number of ether oxygens (including phenoxy) is 1. The Hall–Kier alpha value is -3.10. The molecule has 1 N–H and O–H groups in total. The largest absolute Gasteiger partial charge is 0.497 e. The summed E-state index contributed by atoms with van der Waals surface area (Å²) in [7, 11) is -5.84. The molecule has 4 aromatic rings. The van der Waals surface area contributed by atoms with Crippen molar-refractivity contribution in [3.05, 3.63) is 83.0 Å². The Kier molecular flexibility index (Phi) is 9.37. The average molecular weight is 647 g/mol. The zero-order valence-electron chi connectivity index (χ0n) is 24.2. The van der Waals surface area contributed by atoms with Crippen molar-refractivity contribution in [3.63, 3.8) is 0 Å². The molecule has 0 saturated carbocycles. The monoisotopic (exact) mass is 646 g/mol. The maximum Gasteiger partial charge on any atom is 0.251 e. The Morgan fingerprint density at radius 2 is 1.81 bits per heavy atom. The highest BCUT2D eigenvalue weighted by atomic mass is 32.2. The number of likely N-dealkylation sites (tertiary alicyclic amines) is 1. The van der Waals surface area contributed by atoms with E-state index in [4.69, 9.17) is 4.74 Å². The van der Waals surface area contributed by atoms with Crippen LogP contribution in [0.1, 0.15) is 30.5 Å². The molecule has 1 saturated heterocycles. The molecule has 9 nitrogen and oxygen atoms in total. The second kappa shape index (κ2) is 12.9. The van der Waals surface area contributed by atoms with E-state index in [9.17, 15) is 21.2 Å². The van der Waals surface area contributed by atoms with E-state index in [1.54, 1.807) is 43.5 Å². The van der Waals surface area contributed by atoms with Crippen molar-refractivity contribution in [1.29, 1.82) is 0 Å². The van der Waals surface area contributed by atoms with Gasteiger partial charge in [-0.05, 0) is 85.6 Å². The van der Waals surface area contributed by atoms with Gasteiger partial charge in [-0.1, -0.05) is 18.2 Å². The maximum atomic E-state index is 13.3. The molecule has 2 atom stereocenters. The van der Waals surface area contributed by atoms with Crippen molar-refractivity contribution in [3.8, 4) is 27.6 Å². The third-order valence-electron chi connectivity index (χ3n) is 7.76. The summed E-state index contributed by atoms with van der Waals surface area (Å²) >= 11 is 1.43. The van der Waals surface area contributed by atoms with E-state index in [0.29, 0.717) is 34.8 Å².